The number of nitrogens with zero attached hydrogens (tertiary/aromatic N) is 1. The summed E-state index contributed by atoms with van der Waals surface area (Å²) < 4.78 is 37.1. The van der Waals surface area contributed by atoms with E-state index in [9.17, 15) is 22.9 Å². The summed E-state index contributed by atoms with van der Waals surface area (Å²) in [5.74, 6) is -0.256. The first-order chi connectivity index (χ1) is 19.6. The molecule has 1 aliphatic heterocycles. The Balaban J connectivity index is 0.000000189. The minimum atomic E-state index is -4.44. The molecule has 0 unspecified atom stereocenters. The molecule has 4 aromatic carbocycles. The number of carbonyl (C=O) groups excluding carboxylic acids is 1. The number of likely N-dealkylation sites (tertiary alicyclic amines) is 1. The Morgan fingerprint density at radius 3 is 2.02 bits per heavy atom. The highest BCUT2D eigenvalue weighted by Crippen LogP contribution is 2.32. The average molecular weight is 574 g/mol. The molecule has 214 valence electrons. The van der Waals surface area contributed by atoms with E-state index in [1.807, 2.05) is 72.8 Å². The van der Waals surface area contributed by atoms with E-state index in [4.69, 9.17) is 4.74 Å². The second-order valence-corrected chi connectivity index (χ2v) is 11.6. The number of hydrogen-bond acceptors (Lipinski definition) is 5. The van der Waals surface area contributed by atoms with Gasteiger partial charge in [-0.25, -0.2) is 9.28 Å². The van der Waals surface area contributed by atoms with E-state index in [1.165, 1.54) is 19.1 Å². The van der Waals surface area contributed by atoms with Crippen LogP contribution in [-0.2, 0) is 16.5 Å². The van der Waals surface area contributed by atoms with Gasteiger partial charge in [0.2, 0.25) is 0 Å². The maximum Gasteiger partial charge on any atom is 0.350 e. The van der Waals surface area contributed by atoms with Crippen LogP contribution in [0.5, 0.6) is 11.5 Å². The summed E-state index contributed by atoms with van der Waals surface area (Å²) in [6, 6.07) is 29.6. The maximum absolute atomic E-state index is 13.2. The van der Waals surface area contributed by atoms with E-state index < -0.39 is 15.0 Å². The third kappa shape index (κ3) is 7.21. The molecule has 1 aliphatic rings. The summed E-state index contributed by atoms with van der Waals surface area (Å²) in [6.45, 7) is 3.88. The van der Waals surface area contributed by atoms with Gasteiger partial charge >= 0.3 is 5.91 Å². The molecule has 1 saturated heterocycles. The van der Waals surface area contributed by atoms with E-state index in [0.717, 1.165) is 54.9 Å². The number of amides is 1. The van der Waals surface area contributed by atoms with Crippen molar-refractivity contribution in [2.45, 2.75) is 37.5 Å². The van der Waals surface area contributed by atoms with Crippen molar-refractivity contribution < 1.29 is 27.6 Å². The molecule has 1 fully saturated rings. The summed E-state index contributed by atoms with van der Waals surface area (Å²) in [6.07, 6.45) is 3.75. The quantitative estimate of drug-likeness (QED) is 0.226. The number of methoxy groups -OCH3 is 1. The largest absolute Gasteiger partial charge is 0.872 e. The van der Waals surface area contributed by atoms with E-state index in [-0.39, 0.29) is 29.4 Å². The molecular weight excluding hydrogens is 538 g/mol. The Bertz CT molecular complexity index is 1560. The van der Waals surface area contributed by atoms with Gasteiger partial charge in [-0.2, -0.15) is 8.42 Å². The van der Waals surface area contributed by atoms with Crippen LogP contribution in [0.3, 0.4) is 0 Å². The predicted octanol–water partition coefficient (Wildman–Crippen LogP) is 5.93. The van der Waals surface area contributed by atoms with E-state index in [1.54, 1.807) is 0 Å². The van der Waals surface area contributed by atoms with Gasteiger partial charge in [0.05, 0.1) is 25.8 Å². The number of carbonyl (C=O) groups is 1. The lowest BCUT2D eigenvalue weighted by Gasteiger charge is -2.38. The van der Waals surface area contributed by atoms with Crippen LogP contribution in [0.2, 0.25) is 0 Å². The van der Waals surface area contributed by atoms with Gasteiger partial charge in [-0.1, -0.05) is 66.2 Å². The van der Waals surface area contributed by atoms with E-state index >= 15 is 0 Å². The van der Waals surface area contributed by atoms with Gasteiger partial charge in [0.25, 0.3) is 10.1 Å². The maximum atomic E-state index is 13.2. The molecule has 1 amide bonds. The summed E-state index contributed by atoms with van der Waals surface area (Å²) in [4.78, 5) is 12.8. The van der Waals surface area contributed by atoms with E-state index in [2.05, 4.69) is 19.1 Å². The van der Waals surface area contributed by atoms with Crippen molar-refractivity contribution in [3.63, 3.8) is 0 Å². The van der Waals surface area contributed by atoms with Crippen molar-refractivity contribution >= 4 is 21.7 Å². The number of quaternary nitrogens is 1. The minimum absolute atomic E-state index is 0.158. The van der Waals surface area contributed by atoms with Crippen molar-refractivity contribution in [2.75, 3.05) is 20.2 Å². The van der Waals surface area contributed by atoms with Gasteiger partial charge in [-0.15, -0.1) is 5.75 Å². The second-order valence-electron chi connectivity index (χ2n) is 10.2. The van der Waals surface area contributed by atoms with Gasteiger partial charge in [-0.3, -0.25) is 4.55 Å². The summed E-state index contributed by atoms with van der Waals surface area (Å²) in [7, 11) is -3.20. The molecule has 1 N–H and O–H groups in total. The molecule has 0 atom stereocenters. The third-order valence-corrected chi connectivity index (χ3v) is 8.25. The van der Waals surface area contributed by atoms with Gasteiger partial charge in [0.15, 0.2) is 0 Å². The zero-order chi connectivity index (χ0) is 29.5. The van der Waals surface area contributed by atoms with Crippen LogP contribution < -0.4 is 14.3 Å². The van der Waals surface area contributed by atoms with Crippen molar-refractivity contribution in [3.05, 3.63) is 119 Å². The van der Waals surface area contributed by atoms with Gasteiger partial charge in [0.1, 0.15) is 16.3 Å². The van der Waals surface area contributed by atoms with Gasteiger partial charge < -0.3 is 9.84 Å². The van der Waals surface area contributed by atoms with Crippen molar-refractivity contribution in [1.82, 2.24) is 4.48 Å². The van der Waals surface area contributed by atoms with Crippen molar-refractivity contribution in [3.8, 4) is 11.5 Å². The SMILES string of the molecule is COc1cc([O-])c(Cc2ccccc2)cc1S(=O)(=O)O.Cc1ccc(C(=O)[N+]2(c3ccccc3)CCCCC2)cc1. The number of benzene rings is 4. The molecule has 1 heterocycles. The van der Waals surface area contributed by atoms with Crippen LogP contribution in [-0.4, -0.2) is 39.1 Å². The Kier molecular flexibility index (Phi) is 9.60. The third-order valence-electron chi connectivity index (χ3n) is 7.38. The fourth-order valence-electron chi connectivity index (χ4n) is 5.19. The summed E-state index contributed by atoms with van der Waals surface area (Å²) >= 11 is 0. The first-order valence-corrected chi connectivity index (χ1v) is 15.0. The number of rotatable bonds is 6. The topological polar surface area (TPSA) is 104 Å². The molecule has 0 aromatic heterocycles. The highest BCUT2D eigenvalue weighted by atomic mass is 32.2. The monoisotopic (exact) mass is 573 g/mol. The zero-order valence-corrected chi connectivity index (χ0v) is 24.1. The van der Waals surface area contributed by atoms with Crippen molar-refractivity contribution in [2.24, 2.45) is 0 Å². The number of ether oxygens (including phenoxy) is 1. The van der Waals surface area contributed by atoms with Gasteiger partial charge in [-0.05, 0) is 80.1 Å². The highest BCUT2D eigenvalue weighted by Gasteiger charge is 2.40. The Morgan fingerprint density at radius 2 is 1.46 bits per heavy atom. The second kappa shape index (κ2) is 13.1. The molecule has 41 heavy (non-hydrogen) atoms. The first kappa shape index (κ1) is 30.0. The fourth-order valence-corrected chi connectivity index (χ4v) is 5.87. The Morgan fingerprint density at radius 1 is 0.878 bits per heavy atom. The lowest BCUT2D eigenvalue weighted by atomic mass is 10.0. The number of para-hydroxylation sites is 1. The minimum Gasteiger partial charge on any atom is -0.872 e. The average Bonchev–Trinajstić information content (AvgIpc) is 2.99. The predicted molar refractivity (Wildman–Crippen MR) is 159 cm³/mol. The molecule has 7 nitrogen and oxygen atoms in total. The number of aryl methyl sites for hydroxylation is 1. The van der Waals surface area contributed by atoms with Crippen LogP contribution in [0.4, 0.5) is 5.69 Å². The van der Waals surface area contributed by atoms with E-state index in [0.29, 0.717) is 4.48 Å². The smallest absolute Gasteiger partial charge is 0.350 e. The lowest BCUT2D eigenvalue weighted by molar-refractivity contribution is -0.269. The molecule has 4 aromatic rings. The Hall–Kier alpha value is -3.98. The number of hydrogen-bond donors (Lipinski definition) is 1. The molecule has 0 bridgehead atoms. The number of piperidine rings is 1. The molecule has 0 radical (unpaired) electrons. The zero-order valence-electron chi connectivity index (χ0n) is 23.3. The van der Waals surface area contributed by atoms with Crippen LogP contribution in [0, 0.1) is 6.92 Å². The first-order valence-electron chi connectivity index (χ1n) is 13.6. The molecule has 0 aliphatic carbocycles. The lowest BCUT2D eigenvalue weighted by Crippen LogP contribution is -2.57. The van der Waals surface area contributed by atoms with Crippen molar-refractivity contribution in [1.29, 1.82) is 0 Å². The van der Waals surface area contributed by atoms with Crippen LogP contribution in [0.1, 0.15) is 46.3 Å². The molecule has 5 rings (SSSR count). The molecule has 0 saturated carbocycles. The molecule has 8 heteroatoms. The standard InChI is InChI=1S/C19H22NO.C14H14O5S/c1-16-10-12-17(13-11-16)19(21)20(14-6-3-7-15-20)18-8-4-2-5-9-18;1-19-13-9-12(15)11(8-14(13)20(16,17)18)7-10-5-3-2-4-6-10/h2,4-5,8-13H,3,6-7,14-15H2,1H3;2-6,8-9,15H,7H2,1H3,(H,16,17,18)/q+1;/p-1. The van der Waals surface area contributed by atoms with Crippen LogP contribution >= 0.6 is 0 Å². The normalized spacial score (nSPS) is 14.4. The highest BCUT2D eigenvalue weighted by molar-refractivity contribution is 7.86. The molecule has 0 spiro atoms. The fraction of sp³-hybridized carbons (Fsp3) is 0.242. The summed E-state index contributed by atoms with van der Waals surface area (Å²) in [5, 5.41) is 11.9. The Labute approximate surface area is 242 Å². The van der Waals surface area contributed by atoms with Crippen LogP contribution in [0.15, 0.2) is 102 Å². The van der Waals surface area contributed by atoms with Crippen LogP contribution in [0.25, 0.3) is 0 Å². The van der Waals surface area contributed by atoms with Gasteiger partial charge in [0, 0.05) is 0 Å². The molecular formula is C33H35NO6S. The summed E-state index contributed by atoms with van der Waals surface area (Å²) in [5.41, 5.74) is 4.30.